The monoisotopic (exact) mass is 257 g/mol. The highest BCUT2D eigenvalue weighted by atomic mass is 15.5. The Hall–Kier alpha value is -1.91. The van der Waals surface area contributed by atoms with E-state index in [-0.39, 0.29) is 0 Å². The summed E-state index contributed by atoms with van der Waals surface area (Å²) in [5.41, 5.74) is 2.14. The maximum atomic E-state index is 3.88. The van der Waals surface area contributed by atoms with E-state index < -0.39 is 0 Å². The van der Waals surface area contributed by atoms with Gasteiger partial charge in [0, 0.05) is 11.7 Å². The van der Waals surface area contributed by atoms with Gasteiger partial charge in [-0.05, 0) is 60.4 Å². The third kappa shape index (κ3) is 2.75. The number of rotatable bonds is 4. The molecule has 1 N–H and O–H groups in total. The van der Waals surface area contributed by atoms with E-state index in [1.54, 1.807) is 11.0 Å². The summed E-state index contributed by atoms with van der Waals surface area (Å²) < 4.78 is 1.66. The SMILES string of the molecule is CC(Nc1ccc(-n2cnnn2)cc1)C1CCCC1. The zero-order valence-corrected chi connectivity index (χ0v) is 11.2. The van der Waals surface area contributed by atoms with Crippen LogP contribution in [-0.2, 0) is 0 Å². The average Bonchev–Trinajstić information content (AvgIpc) is 3.13. The van der Waals surface area contributed by atoms with Gasteiger partial charge in [-0.1, -0.05) is 12.8 Å². The molecule has 1 saturated carbocycles. The van der Waals surface area contributed by atoms with E-state index in [1.807, 2.05) is 12.1 Å². The van der Waals surface area contributed by atoms with Gasteiger partial charge in [-0.25, -0.2) is 4.68 Å². The number of nitrogens with zero attached hydrogens (tertiary/aromatic N) is 4. The molecular formula is C14H19N5. The lowest BCUT2D eigenvalue weighted by Crippen LogP contribution is -2.23. The van der Waals surface area contributed by atoms with Crippen molar-refractivity contribution < 1.29 is 0 Å². The highest BCUT2D eigenvalue weighted by Crippen LogP contribution is 2.29. The lowest BCUT2D eigenvalue weighted by Gasteiger charge is -2.21. The van der Waals surface area contributed by atoms with E-state index in [4.69, 9.17) is 0 Å². The first kappa shape index (κ1) is 12.1. The largest absolute Gasteiger partial charge is 0.382 e. The van der Waals surface area contributed by atoms with Crippen LogP contribution in [0.5, 0.6) is 0 Å². The van der Waals surface area contributed by atoms with Crippen LogP contribution in [-0.4, -0.2) is 26.2 Å². The Kier molecular flexibility index (Phi) is 3.44. The summed E-state index contributed by atoms with van der Waals surface area (Å²) in [6, 6.07) is 8.77. The quantitative estimate of drug-likeness (QED) is 0.915. The summed E-state index contributed by atoms with van der Waals surface area (Å²) in [6.45, 7) is 2.28. The van der Waals surface area contributed by atoms with Crippen LogP contribution in [0.25, 0.3) is 5.69 Å². The molecule has 0 saturated heterocycles. The van der Waals surface area contributed by atoms with E-state index in [1.165, 1.54) is 25.7 Å². The number of hydrogen-bond acceptors (Lipinski definition) is 4. The van der Waals surface area contributed by atoms with Crippen LogP contribution < -0.4 is 5.32 Å². The minimum Gasteiger partial charge on any atom is -0.382 e. The Labute approximate surface area is 113 Å². The fourth-order valence-corrected chi connectivity index (χ4v) is 2.83. The molecule has 5 nitrogen and oxygen atoms in total. The summed E-state index contributed by atoms with van der Waals surface area (Å²) in [5, 5.41) is 14.7. The Morgan fingerprint density at radius 2 is 1.95 bits per heavy atom. The molecule has 5 heteroatoms. The van der Waals surface area contributed by atoms with Crippen molar-refractivity contribution in [3.63, 3.8) is 0 Å². The summed E-state index contributed by atoms with van der Waals surface area (Å²) in [5.74, 6) is 0.819. The molecule has 0 spiro atoms. The number of hydrogen-bond donors (Lipinski definition) is 1. The number of anilines is 1. The highest BCUT2D eigenvalue weighted by Gasteiger charge is 2.21. The van der Waals surface area contributed by atoms with Crippen molar-refractivity contribution in [2.75, 3.05) is 5.32 Å². The van der Waals surface area contributed by atoms with E-state index >= 15 is 0 Å². The normalized spacial score (nSPS) is 17.5. The molecule has 19 heavy (non-hydrogen) atoms. The first-order valence-corrected chi connectivity index (χ1v) is 6.93. The zero-order chi connectivity index (χ0) is 13.1. The molecule has 2 aromatic rings. The third-order valence-corrected chi connectivity index (χ3v) is 3.98. The minimum atomic E-state index is 0.543. The van der Waals surface area contributed by atoms with E-state index in [0.717, 1.165) is 17.3 Å². The van der Waals surface area contributed by atoms with Crippen molar-refractivity contribution in [2.24, 2.45) is 5.92 Å². The number of aromatic nitrogens is 4. The van der Waals surface area contributed by atoms with Gasteiger partial charge in [0.15, 0.2) is 0 Å². The molecule has 0 aliphatic heterocycles. The predicted octanol–water partition coefficient (Wildman–Crippen LogP) is 2.65. The lowest BCUT2D eigenvalue weighted by atomic mass is 9.99. The summed E-state index contributed by atoms with van der Waals surface area (Å²) in [7, 11) is 0. The number of tetrazole rings is 1. The molecule has 1 aromatic heterocycles. The van der Waals surface area contributed by atoms with Crippen LogP contribution in [0.2, 0.25) is 0 Å². The van der Waals surface area contributed by atoms with Crippen molar-refractivity contribution in [2.45, 2.75) is 38.6 Å². The van der Waals surface area contributed by atoms with Gasteiger partial charge in [0.1, 0.15) is 6.33 Å². The molecule has 1 atom stereocenters. The van der Waals surface area contributed by atoms with Gasteiger partial charge in [-0.2, -0.15) is 0 Å². The average molecular weight is 257 g/mol. The molecule has 3 rings (SSSR count). The maximum absolute atomic E-state index is 3.88. The molecule has 0 amide bonds. The van der Waals surface area contributed by atoms with Gasteiger partial charge in [-0.15, -0.1) is 5.10 Å². The molecular weight excluding hydrogens is 238 g/mol. The van der Waals surface area contributed by atoms with Gasteiger partial charge in [0.25, 0.3) is 0 Å². The van der Waals surface area contributed by atoms with Crippen LogP contribution in [0, 0.1) is 5.92 Å². The lowest BCUT2D eigenvalue weighted by molar-refractivity contribution is 0.482. The van der Waals surface area contributed by atoms with E-state index in [0.29, 0.717) is 6.04 Å². The molecule has 100 valence electrons. The highest BCUT2D eigenvalue weighted by molar-refractivity contribution is 5.48. The summed E-state index contributed by atoms with van der Waals surface area (Å²) in [4.78, 5) is 0. The van der Waals surface area contributed by atoms with Crippen molar-refractivity contribution in [3.05, 3.63) is 30.6 Å². The van der Waals surface area contributed by atoms with Crippen molar-refractivity contribution in [1.82, 2.24) is 20.2 Å². The van der Waals surface area contributed by atoms with Gasteiger partial charge >= 0.3 is 0 Å². The summed E-state index contributed by atoms with van der Waals surface area (Å²) >= 11 is 0. The second-order valence-corrected chi connectivity index (χ2v) is 5.28. The van der Waals surface area contributed by atoms with Crippen LogP contribution >= 0.6 is 0 Å². The standard InChI is InChI=1S/C14H19N5/c1-11(12-4-2-3-5-12)16-13-6-8-14(9-7-13)19-10-15-17-18-19/h6-12,16H,2-5H2,1H3. The van der Waals surface area contributed by atoms with Crippen LogP contribution in [0.15, 0.2) is 30.6 Å². The Morgan fingerprint density at radius 3 is 2.58 bits per heavy atom. The maximum Gasteiger partial charge on any atom is 0.143 e. The van der Waals surface area contributed by atoms with Crippen molar-refractivity contribution in [3.8, 4) is 5.69 Å². The van der Waals surface area contributed by atoms with Crippen LogP contribution in [0.1, 0.15) is 32.6 Å². The van der Waals surface area contributed by atoms with Crippen LogP contribution in [0.3, 0.4) is 0 Å². The Balaban J connectivity index is 1.65. The van der Waals surface area contributed by atoms with Gasteiger partial charge in [0.2, 0.25) is 0 Å². The fraction of sp³-hybridized carbons (Fsp3) is 0.500. The van der Waals surface area contributed by atoms with Gasteiger partial charge < -0.3 is 5.32 Å². The van der Waals surface area contributed by atoms with Crippen molar-refractivity contribution >= 4 is 5.69 Å². The third-order valence-electron chi connectivity index (χ3n) is 3.98. The second kappa shape index (κ2) is 5.38. The first-order valence-electron chi connectivity index (χ1n) is 6.93. The number of benzene rings is 1. The van der Waals surface area contributed by atoms with Gasteiger partial charge in [-0.3, -0.25) is 0 Å². The van der Waals surface area contributed by atoms with E-state index in [9.17, 15) is 0 Å². The smallest absolute Gasteiger partial charge is 0.143 e. The minimum absolute atomic E-state index is 0.543. The molecule has 1 unspecified atom stereocenters. The predicted molar refractivity (Wildman–Crippen MR) is 74.2 cm³/mol. The molecule has 0 bridgehead atoms. The topological polar surface area (TPSA) is 55.6 Å². The molecule has 1 heterocycles. The Bertz CT molecular complexity index is 499. The van der Waals surface area contributed by atoms with Crippen LogP contribution in [0.4, 0.5) is 5.69 Å². The van der Waals surface area contributed by atoms with E-state index in [2.05, 4.69) is 39.9 Å². The molecule has 1 aliphatic rings. The van der Waals surface area contributed by atoms with Crippen molar-refractivity contribution in [1.29, 1.82) is 0 Å². The first-order chi connectivity index (χ1) is 9.33. The molecule has 1 fully saturated rings. The molecule has 0 radical (unpaired) electrons. The zero-order valence-electron chi connectivity index (χ0n) is 11.2. The fourth-order valence-electron chi connectivity index (χ4n) is 2.83. The summed E-state index contributed by atoms with van der Waals surface area (Å²) in [6.07, 6.45) is 7.08. The molecule has 1 aromatic carbocycles. The molecule has 1 aliphatic carbocycles. The number of nitrogens with one attached hydrogen (secondary N) is 1. The van der Waals surface area contributed by atoms with Gasteiger partial charge in [0.05, 0.1) is 5.69 Å². The second-order valence-electron chi connectivity index (χ2n) is 5.28. The Morgan fingerprint density at radius 1 is 1.21 bits per heavy atom.